The number of carboxylic acids is 1. The third-order valence-corrected chi connectivity index (χ3v) is 3.58. The van der Waals surface area contributed by atoms with E-state index in [1.165, 1.54) is 0 Å². The van der Waals surface area contributed by atoms with E-state index < -0.39 is 23.6 Å². The highest BCUT2D eigenvalue weighted by molar-refractivity contribution is 5.89. The van der Waals surface area contributed by atoms with Crippen molar-refractivity contribution >= 4 is 11.9 Å². The van der Waals surface area contributed by atoms with Gasteiger partial charge in [-0.25, -0.2) is 4.79 Å². The van der Waals surface area contributed by atoms with Crippen LogP contribution in [0.2, 0.25) is 0 Å². The Kier molecular flexibility index (Phi) is 4.06. The molecule has 0 radical (unpaired) electrons. The van der Waals surface area contributed by atoms with Crippen LogP contribution < -0.4 is 5.73 Å². The van der Waals surface area contributed by atoms with Gasteiger partial charge in [0.15, 0.2) is 0 Å². The van der Waals surface area contributed by atoms with Crippen LogP contribution in [-0.2, 0) is 16.0 Å². The number of hydrogen-bond acceptors (Lipinski definition) is 4. The summed E-state index contributed by atoms with van der Waals surface area (Å²) in [6.45, 7) is 0.212. The van der Waals surface area contributed by atoms with Gasteiger partial charge in [-0.15, -0.1) is 0 Å². The van der Waals surface area contributed by atoms with Gasteiger partial charge in [0, 0.05) is 13.0 Å². The van der Waals surface area contributed by atoms with Gasteiger partial charge < -0.3 is 20.8 Å². The molecule has 0 aliphatic carbocycles. The monoisotopic (exact) mass is 278 g/mol. The lowest BCUT2D eigenvalue weighted by molar-refractivity contribution is -0.182. The van der Waals surface area contributed by atoms with Crippen LogP contribution in [0.25, 0.3) is 0 Å². The average Bonchev–Trinajstić information content (AvgIpc) is 2.82. The minimum atomic E-state index is -2.12. The fourth-order valence-corrected chi connectivity index (χ4v) is 2.47. The number of hydrogen-bond donors (Lipinski definition) is 3. The molecule has 1 aromatic carbocycles. The number of carbonyl (C=O) groups excluding carboxylic acids is 1. The summed E-state index contributed by atoms with van der Waals surface area (Å²) in [5, 5.41) is 19.1. The third kappa shape index (κ3) is 2.66. The maximum Gasteiger partial charge on any atom is 0.357 e. The molecule has 4 N–H and O–H groups in total. The van der Waals surface area contributed by atoms with Gasteiger partial charge >= 0.3 is 5.97 Å². The topological polar surface area (TPSA) is 104 Å². The number of benzene rings is 1. The molecule has 2 unspecified atom stereocenters. The molecule has 1 aromatic rings. The van der Waals surface area contributed by atoms with Crippen LogP contribution in [0.15, 0.2) is 30.3 Å². The Balaban J connectivity index is 2.09. The second-order valence-corrected chi connectivity index (χ2v) is 5.01. The van der Waals surface area contributed by atoms with E-state index in [1.54, 1.807) is 0 Å². The normalized spacial score (nSPS) is 23.6. The Morgan fingerprint density at radius 1 is 1.35 bits per heavy atom. The molecule has 0 saturated carbocycles. The lowest BCUT2D eigenvalue weighted by Gasteiger charge is -2.31. The summed E-state index contributed by atoms with van der Waals surface area (Å²) in [5.74, 6) is -1.94. The van der Waals surface area contributed by atoms with Crippen LogP contribution in [0, 0.1) is 0 Å². The van der Waals surface area contributed by atoms with Crippen LogP contribution in [-0.4, -0.2) is 45.3 Å². The van der Waals surface area contributed by atoms with Crippen LogP contribution >= 0.6 is 0 Å². The first-order chi connectivity index (χ1) is 9.45. The summed E-state index contributed by atoms with van der Waals surface area (Å²) in [6, 6.07) is 8.38. The van der Waals surface area contributed by atoms with Crippen LogP contribution in [0.1, 0.15) is 18.4 Å². The molecule has 1 heterocycles. The Labute approximate surface area is 116 Å². The molecule has 6 heteroatoms. The molecule has 1 aliphatic rings. The van der Waals surface area contributed by atoms with Gasteiger partial charge in [-0.05, 0) is 18.4 Å². The average molecular weight is 278 g/mol. The van der Waals surface area contributed by atoms with Crippen molar-refractivity contribution < 1.29 is 19.8 Å². The zero-order chi connectivity index (χ0) is 14.8. The first kappa shape index (κ1) is 14.5. The predicted molar refractivity (Wildman–Crippen MR) is 71.7 cm³/mol. The van der Waals surface area contributed by atoms with Crippen molar-refractivity contribution in [2.45, 2.75) is 31.0 Å². The summed E-state index contributed by atoms with van der Waals surface area (Å²) in [5.41, 5.74) is 4.63. The number of rotatable bonds is 4. The van der Waals surface area contributed by atoms with Crippen molar-refractivity contribution in [2.75, 3.05) is 6.54 Å². The van der Waals surface area contributed by atoms with Crippen molar-refractivity contribution in [2.24, 2.45) is 5.73 Å². The van der Waals surface area contributed by atoms with E-state index in [9.17, 15) is 14.7 Å². The summed E-state index contributed by atoms with van der Waals surface area (Å²) in [6.07, 6.45) is 0.796. The second kappa shape index (κ2) is 5.60. The van der Waals surface area contributed by atoms with Crippen LogP contribution in [0.3, 0.4) is 0 Å². The number of nitrogens with two attached hydrogens (primary N) is 1. The van der Waals surface area contributed by atoms with Crippen molar-refractivity contribution in [1.29, 1.82) is 0 Å². The maximum atomic E-state index is 12.2. The summed E-state index contributed by atoms with van der Waals surface area (Å²) in [7, 11) is 0. The molecule has 0 aromatic heterocycles. The minimum Gasteiger partial charge on any atom is -0.478 e. The van der Waals surface area contributed by atoms with Gasteiger partial charge in [-0.3, -0.25) is 4.79 Å². The van der Waals surface area contributed by atoms with Crippen molar-refractivity contribution in [3.05, 3.63) is 35.9 Å². The maximum absolute atomic E-state index is 12.2. The highest BCUT2D eigenvalue weighted by Gasteiger charge is 2.49. The molecule has 108 valence electrons. The zero-order valence-corrected chi connectivity index (χ0v) is 11.0. The first-order valence-corrected chi connectivity index (χ1v) is 6.52. The third-order valence-electron chi connectivity index (χ3n) is 3.58. The number of likely N-dealkylation sites (tertiary alicyclic amines) is 1. The second-order valence-electron chi connectivity index (χ2n) is 5.01. The highest BCUT2D eigenvalue weighted by Crippen LogP contribution is 2.27. The number of nitrogens with zero attached hydrogens (tertiary/aromatic N) is 1. The van der Waals surface area contributed by atoms with E-state index in [0.717, 1.165) is 10.5 Å². The largest absolute Gasteiger partial charge is 0.478 e. The van der Waals surface area contributed by atoms with Gasteiger partial charge in [0.2, 0.25) is 11.6 Å². The molecular weight excluding hydrogens is 260 g/mol. The van der Waals surface area contributed by atoms with E-state index in [0.29, 0.717) is 12.8 Å². The molecule has 0 spiro atoms. The number of amides is 1. The van der Waals surface area contributed by atoms with Gasteiger partial charge in [0.05, 0.1) is 6.04 Å². The minimum absolute atomic E-state index is 0.0339. The molecule has 2 rings (SSSR count). The van der Waals surface area contributed by atoms with Gasteiger partial charge in [0.25, 0.3) is 0 Å². The van der Waals surface area contributed by atoms with E-state index in [4.69, 9.17) is 10.8 Å². The lowest BCUT2D eigenvalue weighted by Crippen LogP contribution is -2.57. The van der Waals surface area contributed by atoms with E-state index >= 15 is 0 Å². The predicted octanol–water partition coefficient (Wildman–Crippen LogP) is -0.0480. The fourth-order valence-electron chi connectivity index (χ4n) is 2.47. The van der Waals surface area contributed by atoms with Crippen LogP contribution in [0.4, 0.5) is 0 Å². The van der Waals surface area contributed by atoms with Crippen molar-refractivity contribution in [3.63, 3.8) is 0 Å². The number of aliphatic carboxylic acids is 1. The SMILES string of the molecule is NC(Cc1ccccc1)C(=O)N1CCCC1(O)C(=O)O. The highest BCUT2D eigenvalue weighted by atomic mass is 16.4. The molecule has 1 fully saturated rings. The zero-order valence-electron chi connectivity index (χ0n) is 11.0. The Bertz CT molecular complexity index is 505. The van der Waals surface area contributed by atoms with Gasteiger partial charge in [-0.2, -0.15) is 0 Å². The standard InChI is InChI=1S/C14H18N2O4/c15-11(9-10-5-2-1-3-6-10)12(17)16-8-4-7-14(16,20)13(18)19/h1-3,5-6,11,20H,4,7-9,15H2,(H,18,19). The van der Waals surface area contributed by atoms with E-state index in [1.807, 2.05) is 30.3 Å². The molecule has 2 atom stereocenters. The quantitative estimate of drug-likeness (QED) is 0.716. The summed E-state index contributed by atoms with van der Waals surface area (Å²) in [4.78, 5) is 24.4. The molecular formula is C14H18N2O4. The fraction of sp³-hybridized carbons (Fsp3) is 0.429. The first-order valence-electron chi connectivity index (χ1n) is 6.52. The Morgan fingerprint density at radius 2 is 2.00 bits per heavy atom. The van der Waals surface area contributed by atoms with Crippen LogP contribution in [0.5, 0.6) is 0 Å². The number of carbonyl (C=O) groups is 2. The lowest BCUT2D eigenvalue weighted by atomic mass is 10.0. The van der Waals surface area contributed by atoms with Crippen molar-refractivity contribution in [1.82, 2.24) is 4.90 Å². The number of aliphatic hydroxyl groups is 1. The molecule has 1 amide bonds. The van der Waals surface area contributed by atoms with E-state index in [-0.39, 0.29) is 13.0 Å². The molecule has 20 heavy (non-hydrogen) atoms. The molecule has 0 bridgehead atoms. The van der Waals surface area contributed by atoms with Crippen molar-refractivity contribution in [3.8, 4) is 0 Å². The Morgan fingerprint density at radius 3 is 2.60 bits per heavy atom. The van der Waals surface area contributed by atoms with E-state index in [2.05, 4.69) is 0 Å². The number of carboxylic acid groups (broad SMARTS) is 1. The molecule has 1 saturated heterocycles. The summed E-state index contributed by atoms with van der Waals surface area (Å²) >= 11 is 0. The Hall–Kier alpha value is -1.92. The smallest absolute Gasteiger partial charge is 0.357 e. The summed E-state index contributed by atoms with van der Waals surface area (Å²) < 4.78 is 0. The van der Waals surface area contributed by atoms with Gasteiger partial charge in [0.1, 0.15) is 0 Å². The molecule has 6 nitrogen and oxygen atoms in total. The van der Waals surface area contributed by atoms with Gasteiger partial charge in [-0.1, -0.05) is 30.3 Å². The molecule has 1 aliphatic heterocycles.